The molecule has 0 aromatic carbocycles. The molecule has 0 saturated carbocycles. The average molecular weight is 337 g/mol. The largest absolute Gasteiger partial charge is 0.359 e. The highest BCUT2D eigenvalue weighted by Crippen LogP contribution is 2.17. The molecule has 0 aliphatic rings. The number of hydrogen-bond donors (Lipinski definition) is 1. The Balaban J connectivity index is 1.47. The van der Waals surface area contributed by atoms with Crippen molar-refractivity contribution in [3.05, 3.63) is 66.4 Å². The van der Waals surface area contributed by atoms with Gasteiger partial charge in [0.25, 0.3) is 0 Å². The molecule has 0 radical (unpaired) electrons. The minimum atomic E-state index is -0.0733. The first-order valence-electron chi connectivity index (χ1n) is 7.91. The van der Waals surface area contributed by atoms with Gasteiger partial charge in [-0.3, -0.25) is 19.7 Å². The van der Waals surface area contributed by atoms with Crippen molar-refractivity contribution in [1.82, 2.24) is 25.3 Å². The Kier molecular flexibility index (Phi) is 5.48. The molecule has 1 N–H and O–H groups in total. The van der Waals surface area contributed by atoms with Crippen molar-refractivity contribution in [2.24, 2.45) is 0 Å². The molecule has 0 atom stereocenters. The van der Waals surface area contributed by atoms with E-state index in [2.05, 4.69) is 20.4 Å². The van der Waals surface area contributed by atoms with E-state index >= 15 is 0 Å². The zero-order chi connectivity index (χ0) is 17.5. The van der Waals surface area contributed by atoms with Crippen LogP contribution in [-0.4, -0.2) is 39.5 Å². The minimum Gasteiger partial charge on any atom is -0.359 e. The van der Waals surface area contributed by atoms with Crippen LogP contribution >= 0.6 is 0 Å². The van der Waals surface area contributed by atoms with Crippen molar-refractivity contribution in [3.63, 3.8) is 0 Å². The molecule has 128 valence electrons. The molecule has 7 heteroatoms. The molecule has 25 heavy (non-hydrogen) atoms. The standard InChI is InChI=1S/C18H19N5O2/c1-23(12-14-4-7-19-8-5-14)13-18(24)21-11-16-9-17(22-25-16)15-3-2-6-20-10-15/h2-10H,11-13H2,1H3,(H,21,24). The quantitative estimate of drug-likeness (QED) is 0.709. The molecule has 0 aliphatic heterocycles. The highest BCUT2D eigenvalue weighted by molar-refractivity contribution is 5.77. The lowest BCUT2D eigenvalue weighted by atomic mass is 10.2. The summed E-state index contributed by atoms with van der Waals surface area (Å²) in [5.41, 5.74) is 2.69. The van der Waals surface area contributed by atoms with Crippen LogP contribution < -0.4 is 5.32 Å². The van der Waals surface area contributed by atoms with Gasteiger partial charge in [0.05, 0.1) is 13.1 Å². The molecule has 1 amide bonds. The predicted molar refractivity (Wildman–Crippen MR) is 92.2 cm³/mol. The maximum Gasteiger partial charge on any atom is 0.234 e. The predicted octanol–water partition coefficient (Wildman–Crippen LogP) is 1.88. The summed E-state index contributed by atoms with van der Waals surface area (Å²) in [7, 11) is 1.90. The van der Waals surface area contributed by atoms with E-state index in [1.54, 1.807) is 30.9 Å². The highest BCUT2D eigenvalue weighted by Gasteiger charge is 2.10. The number of carbonyl (C=O) groups excluding carboxylic acids is 1. The number of carbonyl (C=O) groups is 1. The van der Waals surface area contributed by atoms with Crippen LogP contribution in [0.4, 0.5) is 0 Å². The average Bonchev–Trinajstić information content (AvgIpc) is 3.10. The number of likely N-dealkylation sites (N-methyl/N-ethyl adjacent to an activating group) is 1. The molecule has 3 aromatic heterocycles. The molecule has 0 fully saturated rings. The van der Waals surface area contributed by atoms with Gasteiger partial charge in [-0.15, -0.1) is 0 Å². The normalized spacial score (nSPS) is 10.8. The van der Waals surface area contributed by atoms with Crippen LogP contribution in [0.2, 0.25) is 0 Å². The number of amides is 1. The first-order valence-corrected chi connectivity index (χ1v) is 7.91. The second kappa shape index (κ2) is 8.16. The van der Waals surface area contributed by atoms with E-state index in [1.165, 1.54) is 0 Å². The lowest BCUT2D eigenvalue weighted by Gasteiger charge is -2.15. The topological polar surface area (TPSA) is 84.2 Å². The van der Waals surface area contributed by atoms with Gasteiger partial charge in [-0.1, -0.05) is 5.16 Å². The van der Waals surface area contributed by atoms with E-state index in [9.17, 15) is 4.79 Å². The summed E-state index contributed by atoms with van der Waals surface area (Å²) in [6, 6.07) is 9.41. The molecule has 0 saturated heterocycles. The molecular weight excluding hydrogens is 318 g/mol. The third-order valence-corrected chi connectivity index (χ3v) is 3.59. The van der Waals surface area contributed by atoms with E-state index in [0.29, 0.717) is 31.1 Å². The monoisotopic (exact) mass is 337 g/mol. The van der Waals surface area contributed by atoms with Gasteiger partial charge in [-0.25, -0.2) is 0 Å². The molecule has 3 aromatic rings. The Bertz CT molecular complexity index is 805. The van der Waals surface area contributed by atoms with Crippen LogP contribution in [0.5, 0.6) is 0 Å². The van der Waals surface area contributed by atoms with Crippen molar-refractivity contribution in [3.8, 4) is 11.3 Å². The number of hydrogen-bond acceptors (Lipinski definition) is 6. The van der Waals surface area contributed by atoms with E-state index < -0.39 is 0 Å². The summed E-state index contributed by atoms with van der Waals surface area (Å²) in [5.74, 6) is 0.528. The van der Waals surface area contributed by atoms with E-state index in [4.69, 9.17) is 4.52 Å². The fraction of sp³-hybridized carbons (Fsp3) is 0.222. The zero-order valence-electron chi connectivity index (χ0n) is 13.9. The summed E-state index contributed by atoms with van der Waals surface area (Å²) in [6.45, 7) is 1.28. The van der Waals surface area contributed by atoms with Crippen LogP contribution in [0.25, 0.3) is 11.3 Å². The Hall–Kier alpha value is -3.06. The first kappa shape index (κ1) is 16.8. The minimum absolute atomic E-state index is 0.0733. The molecule has 3 heterocycles. The van der Waals surface area contributed by atoms with E-state index in [1.807, 2.05) is 36.2 Å². The van der Waals surface area contributed by atoms with Gasteiger partial charge in [0, 0.05) is 43.0 Å². The van der Waals surface area contributed by atoms with E-state index in [-0.39, 0.29) is 5.91 Å². The summed E-state index contributed by atoms with van der Waals surface area (Å²) in [6.07, 6.45) is 6.90. The molecular formula is C18H19N5O2. The number of nitrogens with zero attached hydrogens (tertiary/aromatic N) is 4. The Morgan fingerprint density at radius 1 is 1.20 bits per heavy atom. The Morgan fingerprint density at radius 2 is 2.04 bits per heavy atom. The van der Waals surface area contributed by atoms with Crippen LogP contribution in [0.3, 0.4) is 0 Å². The van der Waals surface area contributed by atoms with Crippen molar-refractivity contribution >= 4 is 5.91 Å². The number of rotatable bonds is 7. The third-order valence-electron chi connectivity index (χ3n) is 3.59. The lowest BCUT2D eigenvalue weighted by molar-refractivity contribution is -0.122. The van der Waals surface area contributed by atoms with Crippen molar-refractivity contribution in [2.45, 2.75) is 13.1 Å². The van der Waals surface area contributed by atoms with Crippen LogP contribution in [0.1, 0.15) is 11.3 Å². The van der Waals surface area contributed by atoms with Gasteiger partial charge in [0.15, 0.2) is 5.76 Å². The van der Waals surface area contributed by atoms with Crippen molar-refractivity contribution < 1.29 is 9.32 Å². The van der Waals surface area contributed by atoms with Gasteiger partial charge >= 0.3 is 0 Å². The first-order chi connectivity index (χ1) is 12.2. The summed E-state index contributed by atoms with van der Waals surface area (Å²) >= 11 is 0. The van der Waals surface area contributed by atoms with Crippen molar-refractivity contribution in [1.29, 1.82) is 0 Å². The fourth-order valence-electron chi connectivity index (χ4n) is 2.39. The zero-order valence-corrected chi connectivity index (χ0v) is 13.9. The van der Waals surface area contributed by atoms with Gasteiger partial charge in [-0.05, 0) is 36.9 Å². The van der Waals surface area contributed by atoms with Gasteiger partial charge in [0.1, 0.15) is 5.69 Å². The lowest BCUT2D eigenvalue weighted by Crippen LogP contribution is -2.34. The summed E-state index contributed by atoms with van der Waals surface area (Å²) in [4.78, 5) is 22.0. The van der Waals surface area contributed by atoms with Crippen LogP contribution in [0, 0.1) is 0 Å². The number of pyridine rings is 2. The SMILES string of the molecule is CN(CC(=O)NCc1cc(-c2cccnc2)no1)Cc1ccncc1. The van der Waals surface area contributed by atoms with E-state index in [0.717, 1.165) is 11.1 Å². The van der Waals surface area contributed by atoms with Crippen molar-refractivity contribution in [2.75, 3.05) is 13.6 Å². The number of aromatic nitrogens is 3. The fourth-order valence-corrected chi connectivity index (χ4v) is 2.39. The molecule has 0 unspecified atom stereocenters. The van der Waals surface area contributed by atoms with Crippen LogP contribution in [-0.2, 0) is 17.9 Å². The second-order valence-electron chi connectivity index (χ2n) is 5.72. The Morgan fingerprint density at radius 3 is 2.80 bits per heavy atom. The molecule has 7 nitrogen and oxygen atoms in total. The maximum atomic E-state index is 12.1. The highest BCUT2D eigenvalue weighted by atomic mass is 16.5. The third kappa shape index (κ3) is 4.95. The molecule has 3 rings (SSSR count). The van der Waals surface area contributed by atoms with Crippen LogP contribution in [0.15, 0.2) is 59.6 Å². The maximum absolute atomic E-state index is 12.1. The van der Waals surface area contributed by atoms with Gasteiger partial charge < -0.3 is 9.84 Å². The Labute approximate surface area is 145 Å². The van der Waals surface area contributed by atoms with Gasteiger partial charge in [0.2, 0.25) is 5.91 Å². The molecule has 0 bridgehead atoms. The molecule has 0 aliphatic carbocycles. The second-order valence-corrected chi connectivity index (χ2v) is 5.72. The smallest absolute Gasteiger partial charge is 0.234 e. The summed E-state index contributed by atoms with van der Waals surface area (Å²) < 4.78 is 5.26. The van der Waals surface area contributed by atoms with Gasteiger partial charge in [-0.2, -0.15) is 0 Å². The molecule has 0 spiro atoms. The number of nitrogens with one attached hydrogen (secondary N) is 1. The summed E-state index contributed by atoms with van der Waals surface area (Å²) in [5, 5.41) is 6.84.